The van der Waals surface area contributed by atoms with Crippen LogP contribution in [0.5, 0.6) is 0 Å². The van der Waals surface area contributed by atoms with Crippen LogP contribution in [0.25, 0.3) is 11.1 Å². The summed E-state index contributed by atoms with van der Waals surface area (Å²) in [4.78, 5) is 35.4. The molecule has 7 heteroatoms. The first-order chi connectivity index (χ1) is 15.0. The number of carbonyl (C=O) groups is 3. The van der Waals surface area contributed by atoms with E-state index in [1.165, 1.54) is 6.07 Å². The van der Waals surface area contributed by atoms with Gasteiger partial charge >= 0.3 is 12.1 Å². The van der Waals surface area contributed by atoms with Crippen molar-refractivity contribution in [3.63, 3.8) is 0 Å². The van der Waals surface area contributed by atoms with Crippen molar-refractivity contribution < 1.29 is 24.2 Å². The van der Waals surface area contributed by atoms with Gasteiger partial charge in [-0.05, 0) is 34.4 Å². The number of benzene rings is 3. The predicted octanol–water partition coefficient (Wildman–Crippen LogP) is 3.86. The number of carboxylic acids is 1. The zero-order valence-electron chi connectivity index (χ0n) is 16.5. The number of ether oxygens (including phenoxy) is 1. The summed E-state index contributed by atoms with van der Waals surface area (Å²) in [5.74, 6) is -1.83. The fraction of sp³-hybridized carbons (Fsp3) is 0.125. The Kier molecular flexibility index (Phi) is 5.66. The van der Waals surface area contributed by atoms with Gasteiger partial charge in [0.05, 0.1) is 11.3 Å². The van der Waals surface area contributed by atoms with Crippen LogP contribution >= 0.6 is 0 Å². The number of amides is 2. The van der Waals surface area contributed by atoms with Gasteiger partial charge in [-0.25, -0.2) is 4.79 Å². The summed E-state index contributed by atoms with van der Waals surface area (Å²) in [6.07, 6.45) is -0.694. The highest BCUT2D eigenvalue weighted by atomic mass is 16.5. The summed E-state index contributed by atoms with van der Waals surface area (Å²) in [6, 6.07) is 22.4. The molecule has 0 aromatic heterocycles. The topological polar surface area (TPSA) is 105 Å². The Bertz CT molecular complexity index is 1110. The maximum absolute atomic E-state index is 12.5. The van der Waals surface area contributed by atoms with Crippen molar-refractivity contribution in [2.24, 2.45) is 0 Å². The molecule has 0 bridgehead atoms. The van der Waals surface area contributed by atoms with Crippen LogP contribution in [0.3, 0.4) is 0 Å². The smallest absolute Gasteiger partial charge is 0.411 e. The molecule has 1 aliphatic carbocycles. The minimum absolute atomic E-state index is 0.0766. The monoisotopic (exact) mass is 416 g/mol. The summed E-state index contributed by atoms with van der Waals surface area (Å²) >= 11 is 0. The zero-order chi connectivity index (χ0) is 21.8. The molecule has 3 aromatic carbocycles. The van der Waals surface area contributed by atoms with Gasteiger partial charge in [0.25, 0.3) is 5.91 Å². The van der Waals surface area contributed by atoms with Crippen LogP contribution in [0, 0.1) is 0 Å². The van der Waals surface area contributed by atoms with Crippen molar-refractivity contribution in [1.82, 2.24) is 5.32 Å². The van der Waals surface area contributed by atoms with Gasteiger partial charge in [0.2, 0.25) is 0 Å². The summed E-state index contributed by atoms with van der Waals surface area (Å²) in [5.41, 5.74) is 4.86. The van der Waals surface area contributed by atoms with Crippen LogP contribution in [0.1, 0.15) is 27.4 Å². The Hall–Kier alpha value is -4.13. The number of hydrogen-bond acceptors (Lipinski definition) is 4. The lowest BCUT2D eigenvalue weighted by Crippen LogP contribution is -2.30. The fourth-order valence-electron chi connectivity index (χ4n) is 3.79. The maximum Gasteiger partial charge on any atom is 0.411 e. The Balaban J connectivity index is 1.45. The summed E-state index contributed by atoms with van der Waals surface area (Å²) in [6.45, 7) is -0.370. The van der Waals surface area contributed by atoms with Crippen LogP contribution in [-0.4, -0.2) is 36.2 Å². The number of hydrogen-bond donors (Lipinski definition) is 3. The quantitative estimate of drug-likeness (QED) is 0.566. The molecule has 0 spiro atoms. The molecule has 0 saturated heterocycles. The minimum atomic E-state index is -1.16. The molecule has 2 amide bonds. The lowest BCUT2D eigenvalue weighted by Gasteiger charge is -2.15. The highest BCUT2D eigenvalue weighted by Crippen LogP contribution is 2.44. The number of anilines is 1. The molecule has 1 aliphatic rings. The number of nitrogens with one attached hydrogen (secondary N) is 2. The molecule has 0 fully saturated rings. The van der Waals surface area contributed by atoms with Gasteiger partial charge in [-0.2, -0.15) is 0 Å². The van der Waals surface area contributed by atoms with Gasteiger partial charge in [0.15, 0.2) is 0 Å². The third-order valence-corrected chi connectivity index (χ3v) is 5.15. The van der Waals surface area contributed by atoms with E-state index in [0.29, 0.717) is 0 Å². The number of aliphatic carboxylic acids is 1. The number of para-hydroxylation sites is 1. The average Bonchev–Trinajstić information content (AvgIpc) is 3.10. The number of carboxylic acid groups (broad SMARTS) is 1. The maximum atomic E-state index is 12.5. The second-order valence-electron chi connectivity index (χ2n) is 7.07. The van der Waals surface area contributed by atoms with Crippen molar-refractivity contribution in [3.8, 4) is 11.1 Å². The van der Waals surface area contributed by atoms with Crippen molar-refractivity contribution >= 4 is 23.7 Å². The van der Waals surface area contributed by atoms with E-state index in [2.05, 4.69) is 22.8 Å². The second kappa shape index (κ2) is 8.71. The van der Waals surface area contributed by atoms with E-state index < -0.39 is 24.5 Å². The highest BCUT2D eigenvalue weighted by molar-refractivity contribution is 6.03. The largest absolute Gasteiger partial charge is 0.480 e. The molecule has 4 rings (SSSR count). The van der Waals surface area contributed by atoms with E-state index in [9.17, 15) is 14.4 Å². The molecule has 0 heterocycles. The molecule has 3 N–H and O–H groups in total. The molecule has 0 unspecified atom stereocenters. The highest BCUT2D eigenvalue weighted by Gasteiger charge is 2.29. The zero-order valence-corrected chi connectivity index (χ0v) is 16.5. The van der Waals surface area contributed by atoms with E-state index in [-0.39, 0.29) is 23.8 Å². The molecule has 0 aliphatic heterocycles. The number of rotatable bonds is 6. The molecule has 0 saturated carbocycles. The first kappa shape index (κ1) is 20.2. The average molecular weight is 416 g/mol. The van der Waals surface area contributed by atoms with Crippen LogP contribution in [0.15, 0.2) is 72.8 Å². The fourth-order valence-corrected chi connectivity index (χ4v) is 3.79. The van der Waals surface area contributed by atoms with Gasteiger partial charge in [0, 0.05) is 5.92 Å². The Morgan fingerprint density at radius 1 is 0.839 bits per heavy atom. The van der Waals surface area contributed by atoms with Crippen molar-refractivity contribution in [1.29, 1.82) is 0 Å². The van der Waals surface area contributed by atoms with E-state index in [1.54, 1.807) is 18.2 Å². The predicted molar refractivity (Wildman–Crippen MR) is 115 cm³/mol. The molecule has 0 atom stereocenters. The SMILES string of the molecule is O=C(O)CNC(=O)c1ccccc1NC(=O)OCC1c2ccccc2-c2ccccc21. The van der Waals surface area contributed by atoms with E-state index in [1.807, 2.05) is 36.4 Å². The van der Waals surface area contributed by atoms with Crippen LogP contribution in [0.4, 0.5) is 10.5 Å². The van der Waals surface area contributed by atoms with Crippen molar-refractivity contribution in [2.45, 2.75) is 5.92 Å². The lowest BCUT2D eigenvalue weighted by molar-refractivity contribution is -0.135. The molecule has 156 valence electrons. The third kappa shape index (κ3) is 4.25. The first-order valence-electron chi connectivity index (χ1n) is 9.75. The van der Waals surface area contributed by atoms with Gasteiger partial charge in [-0.1, -0.05) is 60.7 Å². The Morgan fingerprint density at radius 3 is 2.06 bits per heavy atom. The first-order valence-corrected chi connectivity index (χ1v) is 9.75. The van der Waals surface area contributed by atoms with Gasteiger partial charge in [-0.15, -0.1) is 0 Å². The number of fused-ring (bicyclic) bond motifs is 3. The molecule has 31 heavy (non-hydrogen) atoms. The standard InChI is InChI=1S/C24H20N2O5/c27-22(28)13-25-23(29)19-11-5-6-12-21(19)26-24(30)31-14-20-17-9-3-1-7-15(17)16-8-2-4-10-18(16)20/h1-12,20H,13-14H2,(H,25,29)(H,26,30)(H,27,28). The third-order valence-electron chi connectivity index (χ3n) is 5.15. The Morgan fingerprint density at radius 2 is 1.42 bits per heavy atom. The van der Waals surface area contributed by atoms with Crippen molar-refractivity contribution in [2.75, 3.05) is 18.5 Å². The van der Waals surface area contributed by atoms with Crippen molar-refractivity contribution in [3.05, 3.63) is 89.5 Å². The summed E-state index contributed by atoms with van der Waals surface area (Å²) in [7, 11) is 0. The van der Waals surface area contributed by atoms with Crippen LogP contribution in [0.2, 0.25) is 0 Å². The molecule has 0 radical (unpaired) electrons. The summed E-state index contributed by atoms with van der Waals surface area (Å²) in [5, 5.41) is 13.6. The van der Waals surface area contributed by atoms with Gasteiger partial charge < -0.3 is 15.2 Å². The van der Waals surface area contributed by atoms with E-state index in [0.717, 1.165) is 22.3 Å². The van der Waals surface area contributed by atoms with Gasteiger partial charge in [0.1, 0.15) is 13.2 Å². The van der Waals surface area contributed by atoms with Crippen LogP contribution < -0.4 is 10.6 Å². The second-order valence-corrected chi connectivity index (χ2v) is 7.07. The molecular weight excluding hydrogens is 396 g/mol. The molecule has 7 nitrogen and oxygen atoms in total. The normalized spacial score (nSPS) is 11.9. The van der Waals surface area contributed by atoms with E-state index in [4.69, 9.17) is 9.84 Å². The lowest BCUT2D eigenvalue weighted by atomic mass is 9.98. The van der Waals surface area contributed by atoms with Gasteiger partial charge in [-0.3, -0.25) is 14.9 Å². The van der Waals surface area contributed by atoms with E-state index >= 15 is 0 Å². The summed E-state index contributed by atoms with van der Waals surface area (Å²) < 4.78 is 5.50. The molecule has 3 aromatic rings. The van der Waals surface area contributed by atoms with Crippen LogP contribution in [-0.2, 0) is 9.53 Å². The molecular formula is C24H20N2O5. The Labute approximate surface area is 178 Å². The minimum Gasteiger partial charge on any atom is -0.480 e. The number of carbonyl (C=O) groups excluding carboxylic acids is 2.